The normalized spacial score (nSPS) is 26.4. The van der Waals surface area contributed by atoms with E-state index in [-0.39, 0.29) is 0 Å². The lowest BCUT2D eigenvalue weighted by molar-refractivity contribution is -0.135. The zero-order valence-electron chi connectivity index (χ0n) is 18.8. The number of nitrogens with zero attached hydrogens (tertiary/aromatic N) is 5. The number of fused-ring (bicyclic) bond motifs is 3. The summed E-state index contributed by atoms with van der Waals surface area (Å²) in [6, 6.07) is 8.47. The molecule has 3 fully saturated rings. The van der Waals surface area contributed by atoms with Gasteiger partial charge in [-0.05, 0) is 42.4 Å². The number of carbonyl (C=O) groups excluding carboxylic acids is 1. The largest absolute Gasteiger partial charge is 0.336 e. The van der Waals surface area contributed by atoms with Crippen LogP contribution in [-0.4, -0.2) is 74.9 Å². The van der Waals surface area contributed by atoms with Gasteiger partial charge in [-0.3, -0.25) is 14.6 Å². The number of piperazine rings is 1. The standard InChI is InChI=1S/C26H33N5O/c32-26(31-16-24-11-25(31)15-30(24)23-4-2-1-3-5-23)17-29-9-8-20-10-19(6-7-21(20)14-29)22-12-27-18-28-13-22/h6-7,10,12-13,18,23-25H,1-5,8-9,11,14-17H2/t24-,25-/m0/s1. The number of hydrogen-bond donors (Lipinski definition) is 0. The van der Waals surface area contributed by atoms with E-state index in [0.717, 1.165) is 44.2 Å². The fourth-order valence-corrected chi connectivity index (χ4v) is 6.52. The predicted octanol–water partition coefficient (Wildman–Crippen LogP) is 3.12. The second-order valence-electron chi connectivity index (χ2n) is 10.1. The Hall–Kier alpha value is -2.31. The van der Waals surface area contributed by atoms with Gasteiger partial charge < -0.3 is 4.90 Å². The highest BCUT2D eigenvalue weighted by atomic mass is 16.2. The van der Waals surface area contributed by atoms with Crippen molar-refractivity contribution in [3.05, 3.63) is 48.0 Å². The van der Waals surface area contributed by atoms with Crippen LogP contribution in [0.3, 0.4) is 0 Å². The molecule has 32 heavy (non-hydrogen) atoms. The molecule has 168 valence electrons. The minimum Gasteiger partial charge on any atom is -0.336 e. The maximum absolute atomic E-state index is 13.2. The first-order valence-electron chi connectivity index (χ1n) is 12.4. The van der Waals surface area contributed by atoms with Gasteiger partial charge in [0.25, 0.3) is 0 Å². The molecule has 1 aromatic heterocycles. The van der Waals surface area contributed by atoms with Crippen LogP contribution in [0.15, 0.2) is 36.9 Å². The van der Waals surface area contributed by atoms with Crippen LogP contribution in [0.5, 0.6) is 0 Å². The summed E-state index contributed by atoms with van der Waals surface area (Å²) in [6.45, 7) is 4.43. The minimum absolute atomic E-state index is 0.335. The quantitative estimate of drug-likeness (QED) is 0.745. The minimum atomic E-state index is 0.335. The molecule has 6 rings (SSSR count). The van der Waals surface area contributed by atoms with Crippen LogP contribution in [0.1, 0.15) is 49.7 Å². The van der Waals surface area contributed by atoms with Crippen LogP contribution in [0, 0.1) is 0 Å². The molecule has 2 bridgehead atoms. The van der Waals surface area contributed by atoms with Crippen molar-refractivity contribution in [2.75, 3.05) is 26.2 Å². The van der Waals surface area contributed by atoms with Gasteiger partial charge in [-0.15, -0.1) is 0 Å². The van der Waals surface area contributed by atoms with Crippen LogP contribution >= 0.6 is 0 Å². The average Bonchev–Trinajstić information content (AvgIpc) is 3.46. The summed E-state index contributed by atoms with van der Waals surface area (Å²) in [5.74, 6) is 0.335. The number of rotatable bonds is 4. The summed E-state index contributed by atoms with van der Waals surface area (Å²) >= 11 is 0. The first-order valence-corrected chi connectivity index (χ1v) is 12.4. The van der Waals surface area contributed by atoms with E-state index in [9.17, 15) is 4.79 Å². The fraction of sp³-hybridized carbons (Fsp3) is 0.577. The number of likely N-dealkylation sites (tertiary alicyclic amines) is 2. The zero-order valence-corrected chi connectivity index (χ0v) is 18.8. The van der Waals surface area contributed by atoms with E-state index in [1.165, 1.54) is 55.2 Å². The fourth-order valence-electron chi connectivity index (χ4n) is 6.52. The van der Waals surface area contributed by atoms with Gasteiger partial charge in [0.1, 0.15) is 6.33 Å². The molecule has 3 aliphatic heterocycles. The Morgan fingerprint density at radius 3 is 2.56 bits per heavy atom. The number of aromatic nitrogens is 2. The third-order valence-corrected chi connectivity index (χ3v) is 8.20. The molecule has 2 saturated heterocycles. The SMILES string of the molecule is O=C(CN1CCc2cc(-c3cncnc3)ccc2C1)N1C[C@@H]2C[C@H]1CN2C1CCCCC1. The molecule has 1 aromatic carbocycles. The van der Waals surface area contributed by atoms with Crippen molar-refractivity contribution in [3.8, 4) is 11.1 Å². The Labute approximate surface area is 190 Å². The molecular weight excluding hydrogens is 398 g/mol. The summed E-state index contributed by atoms with van der Waals surface area (Å²) in [5, 5.41) is 0. The van der Waals surface area contributed by atoms with E-state index in [4.69, 9.17) is 0 Å². The Balaban J connectivity index is 1.06. The first kappa shape index (κ1) is 20.3. The van der Waals surface area contributed by atoms with Crippen molar-refractivity contribution < 1.29 is 4.79 Å². The lowest BCUT2D eigenvalue weighted by Crippen LogP contribution is -2.54. The molecular formula is C26H33N5O. The Bertz CT molecular complexity index is 973. The van der Waals surface area contributed by atoms with Gasteiger partial charge in [0.05, 0.1) is 6.54 Å². The molecule has 4 aliphatic rings. The summed E-state index contributed by atoms with van der Waals surface area (Å²) in [7, 11) is 0. The van der Waals surface area contributed by atoms with Crippen LogP contribution in [0.2, 0.25) is 0 Å². The maximum Gasteiger partial charge on any atom is 0.237 e. The lowest BCUT2D eigenvalue weighted by Gasteiger charge is -2.41. The third-order valence-electron chi connectivity index (χ3n) is 8.20. The van der Waals surface area contributed by atoms with Crippen molar-refractivity contribution >= 4 is 5.91 Å². The molecule has 0 spiro atoms. The van der Waals surface area contributed by atoms with E-state index >= 15 is 0 Å². The van der Waals surface area contributed by atoms with Gasteiger partial charge >= 0.3 is 0 Å². The summed E-state index contributed by atoms with van der Waals surface area (Å²) in [4.78, 5) is 28.8. The predicted molar refractivity (Wildman–Crippen MR) is 124 cm³/mol. The Morgan fingerprint density at radius 2 is 1.78 bits per heavy atom. The van der Waals surface area contributed by atoms with Gasteiger partial charge in [0.15, 0.2) is 0 Å². The highest BCUT2D eigenvalue weighted by Crippen LogP contribution is 2.36. The van der Waals surface area contributed by atoms with Crippen molar-refractivity contribution in [3.63, 3.8) is 0 Å². The van der Waals surface area contributed by atoms with E-state index in [1.807, 2.05) is 12.4 Å². The second-order valence-corrected chi connectivity index (χ2v) is 10.1. The van der Waals surface area contributed by atoms with Crippen LogP contribution in [0.4, 0.5) is 0 Å². The summed E-state index contributed by atoms with van der Waals surface area (Å²) in [5.41, 5.74) is 4.96. The van der Waals surface area contributed by atoms with Crippen LogP contribution < -0.4 is 0 Å². The molecule has 6 nitrogen and oxygen atoms in total. The number of benzene rings is 1. The number of amides is 1. The zero-order chi connectivity index (χ0) is 21.5. The molecule has 2 atom stereocenters. The van der Waals surface area contributed by atoms with Crippen molar-refractivity contribution in [1.82, 2.24) is 24.7 Å². The molecule has 2 aromatic rings. The van der Waals surface area contributed by atoms with E-state index in [2.05, 4.69) is 42.9 Å². The molecule has 6 heteroatoms. The van der Waals surface area contributed by atoms with E-state index in [1.54, 1.807) is 6.33 Å². The molecule has 0 N–H and O–H groups in total. The van der Waals surface area contributed by atoms with Crippen molar-refractivity contribution in [1.29, 1.82) is 0 Å². The van der Waals surface area contributed by atoms with E-state index < -0.39 is 0 Å². The van der Waals surface area contributed by atoms with Crippen molar-refractivity contribution in [2.24, 2.45) is 0 Å². The molecule has 1 aliphatic carbocycles. The molecule has 1 saturated carbocycles. The van der Waals surface area contributed by atoms with Gasteiger partial charge in [0, 0.05) is 62.3 Å². The molecule has 4 heterocycles. The first-order chi connectivity index (χ1) is 15.7. The molecule has 0 radical (unpaired) electrons. The molecule has 0 unspecified atom stereocenters. The van der Waals surface area contributed by atoms with Crippen LogP contribution in [-0.2, 0) is 17.8 Å². The topological polar surface area (TPSA) is 52.6 Å². The van der Waals surface area contributed by atoms with Gasteiger partial charge in [0.2, 0.25) is 5.91 Å². The van der Waals surface area contributed by atoms with Crippen LogP contribution in [0.25, 0.3) is 11.1 Å². The average molecular weight is 432 g/mol. The highest BCUT2D eigenvalue weighted by Gasteiger charge is 2.47. The van der Waals surface area contributed by atoms with Gasteiger partial charge in [-0.1, -0.05) is 37.5 Å². The second kappa shape index (κ2) is 8.56. The Kier molecular flexibility index (Phi) is 5.43. The third kappa shape index (κ3) is 3.84. The number of carbonyl (C=O) groups is 1. The smallest absolute Gasteiger partial charge is 0.237 e. The highest BCUT2D eigenvalue weighted by molar-refractivity contribution is 5.79. The lowest BCUT2D eigenvalue weighted by atomic mass is 9.93. The van der Waals surface area contributed by atoms with Crippen molar-refractivity contribution in [2.45, 2.75) is 69.6 Å². The summed E-state index contributed by atoms with van der Waals surface area (Å²) in [6.07, 6.45) is 14.4. The molecule has 1 amide bonds. The van der Waals surface area contributed by atoms with Gasteiger partial charge in [-0.25, -0.2) is 9.97 Å². The Morgan fingerprint density at radius 1 is 0.938 bits per heavy atom. The van der Waals surface area contributed by atoms with E-state index in [0.29, 0.717) is 24.5 Å². The van der Waals surface area contributed by atoms with Gasteiger partial charge in [-0.2, -0.15) is 0 Å². The monoisotopic (exact) mass is 431 g/mol. The number of hydrogen-bond acceptors (Lipinski definition) is 5. The summed E-state index contributed by atoms with van der Waals surface area (Å²) < 4.78 is 0. The maximum atomic E-state index is 13.2.